The van der Waals surface area contributed by atoms with Gasteiger partial charge in [-0.25, -0.2) is 19.2 Å². The van der Waals surface area contributed by atoms with Crippen molar-refractivity contribution in [3.63, 3.8) is 0 Å². The van der Waals surface area contributed by atoms with Crippen molar-refractivity contribution < 1.29 is 27.2 Å². The van der Waals surface area contributed by atoms with Crippen LogP contribution in [0.1, 0.15) is 23.8 Å². The molecule has 2 bridgehead atoms. The summed E-state index contributed by atoms with van der Waals surface area (Å²) in [5.41, 5.74) is 0.353. The van der Waals surface area contributed by atoms with Crippen LogP contribution >= 0.6 is 0 Å². The molecule has 0 radical (unpaired) electrons. The fourth-order valence-electron chi connectivity index (χ4n) is 3.57. The van der Waals surface area contributed by atoms with Gasteiger partial charge in [-0.05, 0) is 37.6 Å². The van der Waals surface area contributed by atoms with Crippen molar-refractivity contribution in [2.75, 3.05) is 28.2 Å². The number of alkyl halides is 3. The average molecular weight is 438 g/mol. The molecule has 2 aromatic rings. The summed E-state index contributed by atoms with van der Waals surface area (Å²) in [6.45, 7) is 2.04. The first-order valence-electron chi connectivity index (χ1n) is 9.49. The van der Waals surface area contributed by atoms with E-state index in [-0.39, 0.29) is 23.4 Å². The number of rotatable bonds is 3. The van der Waals surface area contributed by atoms with Crippen molar-refractivity contribution in [3.05, 3.63) is 42.0 Å². The molecule has 0 spiro atoms. The maximum absolute atomic E-state index is 13.1. The van der Waals surface area contributed by atoms with E-state index >= 15 is 0 Å². The van der Waals surface area contributed by atoms with Crippen LogP contribution in [0.25, 0.3) is 0 Å². The first-order valence-corrected chi connectivity index (χ1v) is 9.49. The molecule has 0 aromatic carbocycles. The lowest BCUT2D eigenvalue weighted by Crippen LogP contribution is -2.49. The van der Waals surface area contributed by atoms with Crippen LogP contribution in [0.4, 0.5) is 39.7 Å². The zero-order valence-corrected chi connectivity index (χ0v) is 16.3. The Balaban J connectivity index is 1.62. The molecule has 4 rings (SSSR count). The van der Waals surface area contributed by atoms with Crippen LogP contribution in [0, 0.1) is 5.82 Å². The van der Waals surface area contributed by atoms with E-state index in [4.69, 9.17) is 0 Å². The fraction of sp³-hybridized carbons (Fsp3) is 0.368. The highest BCUT2D eigenvalue weighted by atomic mass is 19.4. The molecule has 1 saturated heterocycles. The Morgan fingerprint density at radius 1 is 1.23 bits per heavy atom. The van der Waals surface area contributed by atoms with Gasteiger partial charge in [0, 0.05) is 13.1 Å². The van der Waals surface area contributed by atoms with Crippen LogP contribution < -0.4 is 20.4 Å². The highest BCUT2D eigenvalue weighted by molar-refractivity contribution is 6.05. The molecule has 4 heterocycles. The molecule has 2 atom stereocenters. The predicted octanol–water partition coefficient (Wildman–Crippen LogP) is 2.93. The minimum absolute atomic E-state index is 0.126. The van der Waals surface area contributed by atoms with Crippen molar-refractivity contribution >= 4 is 29.3 Å². The van der Waals surface area contributed by atoms with Crippen LogP contribution in [-0.2, 0) is 0 Å². The van der Waals surface area contributed by atoms with Crippen molar-refractivity contribution in [1.82, 2.24) is 15.3 Å². The summed E-state index contributed by atoms with van der Waals surface area (Å²) in [6, 6.07) is 2.46. The fourth-order valence-corrected chi connectivity index (χ4v) is 3.57. The molecule has 12 heteroatoms. The van der Waals surface area contributed by atoms with Gasteiger partial charge in [0.1, 0.15) is 23.4 Å². The highest BCUT2D eigenvalue weighted by Crippen LogP contribution is 2.39. The molecule has 2 aromatic heterocycles. The van der Waals surface area contributed by atoms with E-state index in [2.05, 4.69) is 15.3 Å². The number of anilines is 3. The lowest BCUT2D eigenvalue weighted by atomic mass is 10.1. The zero-order chi connectivity index (χ0) is 22.3. The van der Waals surface area contributed by atoms with Crippen LogP contribution in [-0.4, -0.2) is 53.3 Å². The van der Waals surface area contributed by atoms with Crippen LogP contribution in [0.3, 0.4) is 0 Å². The van der Waals surface area contributed by atoms with Crippen molar-refractivity contribution in [1.29, 1.82) is 0 Å². The molecule has 2 N–H and O–H groups in total. The van der Waals surface area contributed by atoms with Gasteiger partial charge < -0.3 is 10.2 Å². The van der Waals surface area contributed by atoms with Gasteiger partial charge >= 0.3 is 12.2 Å². The highest BCUT2D eigenvalue weighted by Gasteiger charge is 2.41. The Morgan fingerprint density at radius 3 is 2.68 bits per heavy atom. The van der Waals surface area contributed by atoms with Crippen LogP contribution in [0.2, 0.25) is 0 Å². The van der Waals surface area contributed by atoms with E-state index in [0.717, 1.165) is 19.2 Å². The second kappa shape index (κ2) is 7.67. The van der Waals surface area contributed by atoms with Crippen molar-refractivity contribution in [2.24, 2.45) is 0 Å². The van der Waals surface area contributed by atoms with Crippen molar-refractivity contribution in [2.45, 2.75) is 31.6 Å². The molecule has 3 amide bonds. The minimum atomic E-state index is -4.59. The van der Waals surface area contributed by atoms with Gasteiger partial charge in [0.15, 0.2) is 5.82 Å². The number of carbonyl (C=O) groups excluding carboxylic acids is 2. The molecule has 0 saturated carbocycles. The Morgan fingerprint density at radius 2 is 2.00 bits per heavy atom. The molecular weight excluding hydrogens is 420 g/mol. The number of nitrogens with one attached hydrogen (secondary N) is 2. The lowest BCUT2D eigenvalue weighted by Gasteiger charge is -2.35. The number of hydrogen-bond donors (Lipinski definition) is 2. The number of nitrogens with zero attached hydrogens (tertiary/aromatic N) is 4. The van der Waals surface area contributed by atoms with Gasteiger partial charge in [0.25, 0.3) is 5.91 Å². The number of halogens is 4. The average Bonchev–Trinajstić information content (AvgIpc) is 3.13. The van der Waals surface area contributed by atoms with E-state index in [1.807, 2.05) is 10.2 Å². The predicted molar refractivity (Wildman–Crippen MR) is 104 cm³/mol. The molecule has 0 unspecified atom stereocenters. The standard InChI is InChI=1S/C19H18F4N6O2/c1-10(19(21,22)23)25-17(30)13-3-4-14-16(26-13)29(12-6-7-28(14)9-12)18(31)27-15-5-2-11(20)8-24-15/h2-5,8,10,12H,6-7,9H2,1H3,(H,25,30)(H,24,27,31)/t10-,12+/m1/s1. The number of hydrogen-bond acceptors (Lipinski definition) is 5. The Labute approximate surface area is 174 Å². The summed E-state index contributed by atoms with van der Waals surface area (Å²) in [5.74, 6) is -1.26. The zero-order valence-electron chi connectivity index (χ0n) is 16.3. The number of aromatic nitrogens is 2. The summed E-state index contributed by atoms with van der Waals surface area (Å²) < 4.78 is 51.4. The summed E-state index contributed by atoms with van der Waals surface area (Å²) in [5, 5.41) is 4.43. The lowest BCUT2D eigenvalue weighted by molar-refractivity contribution is -0.149. The number of pyridine rings is 2. The molecule has 31 heavy (non-hydrogen) atoms. The smallest absolute Gasteiger partial charge is 0.366 e. The molecular formula is C19H18F4N6O2. The van der Waals surface area contributed by atoms with Gasteiger partial charge in [-0.3, -0.25) is 15.0 Å². The topological polar surface area (TPSA) is 90.5 Å². The molecule has 0 aliphatic carbocycles. The van der Waals surface area contributed by atoms with E-state index in [9.17, 15) is 27.2 Å². The maximum atomic E-state index is 13.1. The summed E-state index contributed by atoms with van der Waals surface area (Å²) in [7, 11) is 0. The Bertz CT molecular complexity index is 1010. The van der Waals surface area contributed by atoms with Crippen LogP contribution in [0.5, 0.6) is 0 Å². The first kappa shape index (κ1) is 20.8. The normalized spacial score (nSPS) is 18.4. The number of urea groups is 1. The van der Waals surface area contributed by atoms with Gasteiger partial charge in [-0.1, -0.05) is 0 Å². The van der Waals surface area contributed by atoms with Gasteiger partial charge in [0.05, 0.1) is 17.9 Å². The molecule has 164 valence electrons. The third-order valence-electron chi connectivity index (χ3n) is 5.20. The molecule has 2 aliphatic heterocycles. The molecule has 1 fully saturated rings. The summed E-state index contributed by atoms with van der Waals surface area (Å²) >= 11 is 0. The van der Waals surface area contributed by atoms with Crippen LogP contribution in [0.15, 0.2) is 30.5 Å². The van der Waals surface area contributed by atoms with Gasteiger partial charge in [-0.2, -0.15) is 13.2 Å². The van der Waals surface area contributed by atoms with Gasteiger partial charge in [0.2, 0.25) is 0 Å². The number of fused-ring (bicyclic) bond motifs is 4. The Hall–Kier alpha value is -3.44. The summed E-state index contributed by atoms with van der Waals surface area (Å²) in [6.07, 6.45) is -2.99. The van der Waals surface area contributed by atoms with E-state index in [1.54, 1.807) is 6.07 Å². The SMILES string of the molecule is C[C@@H](NC(=O)c1ccc2c(n1)N(C(=O)Nc1ccc(F)cn1)[C@H]1CCN2C1)C(F)(F)F. The van der Waals surface area contributed by atoms with Gasteiger partial charge in [-0.15, -0.1) is 0 Å². The second-order valence-corrected chi connectivity index (χ2v) is 7.33. The summed E-state index contributed by atoms with van der Waals surface area (Å²) in [4.78, 5) is 36.7. The third-order valence-corrected chi connectivity index (χ3v) is 5.20. The first-order chi connectivity index (χ1) is 14.6. The van der Waals surface area contributed by atoms with E-state index < -0.39 is 30.0 Å². The minimum Gasteiger partial charge on any atom is -0.366 e. The molecule has 2 aliphatic rings. The quantitative estimate of drug-likeness (QED) is 0.720. The van der Waals surface area contributed by atoms with E-state index in [0.29, 0.717) is 25.2 Å². The monoisotopic (exact) mass is 438 g/mol. The van der Waals surface area contributed by atoms with E-state index in [1.165, 1.54) is 17.0 Å². The Kier molecular flexibility index (Phi) is 5.15. The second-order valence-electron chi connectivity index (χ2n) is 7.33. The third kappa shape index (κ3) is 4.09. The number of carbonyl (C=O) groups is 2. The largest absolute Gasteiger partial charge is 0.408 e. The number of amides is 3. The maximum Gasteiger partial charge on any atom is 0.408 e. The molecule has 8 nitrogen and oxygen atoms in total. The van der Waals surface area contributed by atoms with Crippen molar-refractivity contribution in [3.8, 4) is 0 Å².